The number of rotatable bonds is 7. The van der Waals surface area contributed by atoms with E-state index >= 15 is 0 Å². The molecule has 0 aromatic heterocycles. The Kier molecular flexibility index (Phi) is 6.54. The molecule has 27 heavy (non-hydrogen) atoms. The highest BCUT2D eigenvalue weighted by molar-refractivity contribution is 7.92. The molecule has 2 aromatic rings. The molecular weight excluding hydrogens is 374 g/mol. The van der Waals surface area contributed by atoms with Crippen LogP contribution in [0.1, 0.15) is 28.4 Å². The number of carbonyl (C=O) groups excluding carboxylic acids is 1. The van der Waals surface area contributed by atoms with Crippen molar-refractivity contribution in [2.75, 3.05) is 23.7 Å². The predicted molar refractivity (Wildman–Crippen MR) is 101 cm³/mol. The van der Waals surface area contributed by atoms with E-state index in [0.717, 1.165) is 29.5 Å². The number of halogens is 2. The van der Waals surface area contributed by atoms with E-state index in [0.29, 0.717) is 12.1 Å². The predicted octanol–water partition coefficient (Wildman–Crippen LogP) is 3.03. The highest BCUT2D eigenvalue weighted by Gasteiger charge is 2.22. The van der Waals surface area contributed by atoms with Crippen molar-refractivity contribution in [1.82, 2.24) is 5.32 Å². The van der Waals surface area contributed by atoms with Crippen LogP contribution in [0, 0.1) is 18.6 Å². The number of amides is 1. The lowest BCUT2D eigenvalue weighted by Crippen LogP contribution is -2.39. The lowest BCUT2D eigenvalue weighted by molar-refractivity contribution is 0.0954. The van der Waals surface area contributed by atoms with E-state index in [1.165, 1.54) is 10.4 Å². The van der Waals surface area contributed by atoms with Crippen LogP contribution in [0.5, 0.6) is 0 Å². The quantitative estimate of drug-likeness (QED) is 0.782. The Morgan fingerprint density at radius 3 is 2.44 bits per heavy atom. The third-order valence-electron chi connectivity index (χ3n) is 4.13. The van der Waals surface area contributed by atoms with Crippen molar-refractivity contribution in [3.63, 3.8) is 0 Å². The molecule has 0 aliphatic rings. The Morgan fingerprint density at radius 2 is 1.85 bits per heavy atom. The van der Waals surface area contributed by atoms with Crippen LogP contribution in [0.25, 0.3) is 0 Å². The van der Waals surface area contributed by atoms with E-state index in [-0.39, 0.29) is 18.7 Å². The van der Waals surface area contributed by atoms with Gasteiger partial charge in [-0.05, 0) is 42.7 Å². The van der Waals surface area contributed by atoms with E-state index < -0.39 is 27.6 Å². The van der Waals surface area contributed by atoms with E-state index in [1.54, 1.807) is 0 Å². The van der Waals surface area contributed by atoms with Gasteiger partial charge in [-0.15, -0.1) is 0 Å². The number of aryl methyl sites for hydroxylation is 2. The minimum absolute atomic E-state index is 0.0163. The molecule has 0 bridgehead atoms. The number of hydrogen-bond donors (Lipinski definition) is 1. The number of para-hydroxylation sites is 1. The Morgan fingerprint density at radius 1 is 1.15 bits per heavy atom. The summed E-state index contributed by atoms with van der Waals surface area (Å²) in [6, 6.07) is 8.39. The van der Waals surface area contributed by atoms with Gasteiger partial charge in [0, 0.05) is 12.1 Å². The highest BCUT2D eigenvalue weighted by atomic mass is 32.2. The van der Waals surface area contributed by atoms with Crippen LogP contribution in [0.3, 0.4) is 0 Å². The zero-order valence-electron chi connectivity index (χ0n) is 15.4. The van der Waals surface area contributed by atoms with Gasteiger partial charge < -0.3 is 5.32 Å². The number of carbonyl (C=O) groups is 1. The molecule has 146 valence electrons. The average Bonchev–Trinajstić information content (AvgIpc) is 2.60. The summed E-state index contributed by atoms with van der Waals surface area (Å²) in [4.78, 5) is 12.1. The molecule has 0 heterocycles. The lowest BCUT2D eigenvalue weighted by Gasteiger charge is -2.26. The van der Waals surface area contributed by atoms with Gasteiger partial charge in [-0.1, -0.05) is 25.1 Å². The molecule has 5 nitrogen and oxygen atoms in total. The largest absolute Gasteiger partial charge is 0.350 e. The number of hydrogen-bond acceptors (Lipinski definition) is 3. The molecule has 1 amide bonds. The van der Waals surface area contributed by atoms with Gasteiger partial charge in [0.05, 0.1) is 18.5 Å². The molecule has 0 saturated heterocycles. The van der Waals surface area contributed by atoms with Crippen LogP contribution in [-0.2, 0) is 16.4 Å². The fourth-order valence-corrected chi connectivity index (χ4v) is 3.83. The number of nitrogens with one attached hydrogen (secondary N) is 1. The molecule has 0 unspecified atom stereocenters. The third kappa shape index (κ3) is 5.03. The fraction of sp³-hybridized carbons (Fsp3) is 0.316. The summed E-state index contributed by atoms with van der Waals surface area (Å²) in [7, 11) is -3.58. The van der Waals surface area contributed by atoms with Crippen molar-refractivity contribution in [2.45, 2.75) is 20.3 Å². The average molecular weight is 396 g/mol. The zero-order valence-corrected chi connectivity index (χ0v) is 16.2. The molecule has 0 fully saturated rings. The molecule has 2 aromatic carbocycles. The maximum absolute atomic E-state index is 13.3. The van der Waals surface area contributed by atoms with Gasteiger partial charge >= 0.3 is 0 Å². The summed E-state index contributed by atoms with van der Waals surface area (Å²) < 4.78 is 52.1. The van der Waals surface area contributed by atoms with Crippen molar-refractivity contribution in [3.8, 4) is 0 Å². The lowest BCUT2D eigenvalue weighted by atomic mass is 10.1. The summed E-state index contributed by atoms with van der Waals surface area (Å²) in [5.41, 5.74) is 2.26. The molecule has 0 spiro atoms. The molecule has 8 heteroatoms. The Hall–Kier alpha value is -2.48. The monoisotopic (exact) mass is 396 g/mol. The molecular formula is C19H22F2N2O3S. The first kappa shape index (κ1) is 20.8. The smallest absolute Gasteiger partial charge is 0.251 e. The molecule has 0 aliphatic heterocycles. The minimum atomic E-state index is -3.58. The third-order valence-corrected chi connectivity index (χ3v) is 5.30. The topological polar surface area (TPSA) is 66.5 Å². The van der Waals surface area contributed by atoms with Crippen LogP contribution in [0.2, 0.25) is 0 Å². The van der Waals surface area contributed by atoms with E-state index in [2.05, 4.69) is 5.32 Å². The summed E-state index contributed by atoms with van der Waals surface area (Å²) in [6.07, 6.45) is 1.76. The van der Waals surface area contributed by atoms with Gasteiger partial charge in [0.2, 0.25) is 10.0 Å². The van der Waals surface area contributed by atoms with E-state index in [1.807, 2.05) is 32.0 Å². The van der Waals surface area contributed by atoms with Crippen LogP contribution in [0.15, 0.2) is 36.4 Å². The molecule has 0 radical (unpaired) electrons. The Labute approximate surface area is 158 Å². The van der Waals surface area contributed by atoms with Crippen molar-refractivity contribution in [3.05, 3.63) is 64.7 Å². The normalized spacial score (nSPS) is 11.3. The summed E-state index contributed by atoms with van der Waals surface area (Å²) in [5, 5.41) is 2.54. The van der Waals surface area contributed by atoms with Crippen LogP contribution < -0.4 is 9.62 Å². The standard InChI is InChI=1S/C19H22F2N2O3S/c1-4-14-7-5-6-13(2)18(14)23(27(3,25)26)11-10-22-19(24)15-8-9-16(20)17(21)12-15/h5-9,12H,4,10-11H2,1-3H3,(H,22,24). The number of nitrogens with zero attached hydrogens (tertiary/aromatic N) is 1. The highest BCUT2D eigenvalue weighted by Crippen LogP contribution is 2.27. The zero-order chi connectivity index (χ0) is 20.2. The van der Waals surface area contributed by atoms with E-state index in [4.69, 9.17) is 0 Å². The van der Waals surface area contributed by atoms with Gasteiger partial charge in [-0.3, -0.25) is 9.10 Å². The van der Waals surface area contributed by atoms with Crippen molar-refractivity contribution < 1.29 is 22.0 Å². The summed E-state index contributed by atoms with van der Waals surface area (Å²) >= 11 is 0. The van der Waals surface area contributed by atoms with E-state index in [9.17, 15) is 22.0 Å². The first-order valence-corrected chi connectivity index (χ1v) is 10.3. The number of sulfonamides is 1. The minimum Gasteiger partial charge on any atom is -0.350 e. The second-order valence-electron chi connectivity index (χ2n) is 6.16. The number of benzene rings is 2. The molecule has 0 aliphatic carbocycles. The van der Waals surface area contributed by atoms with Gasteiger partial charge in [-0.2, -0.15) is 0 Å². The van der Waals surface area contributed by atoms with Gasteiger partial charge in [0.15, 0.2) is 11.6 Å². The van der Waals surface area contributed by atoms with Crippen molar-refractivity contribution in [2.24, 2.45) is 0 Å². The molecule has 2 rings (SSSR count). The Balaban J connectivity index is 2.17. The van der Waals surface area contributed by atoms with Gasteiger partial charge in [0.25, 0.3) is 5.91 Å². The maximum Gasteiger partial charge on any atom is 0.251 e. The van der Waals surface area contributed by atoms with Crippen molar-refractivity contribution >= 4 is 21.6 Å². The molecule has 1 N–H and O–H groups in total. The summed E-state index contributed by atoms with van der Waals surface area (Å²) in [5.74, 6) is -2.77. The van der Waals surface area contributed by atoms with Crippen molar-refractivity contribution in [1.29, 1.82) is 0 Å². The van der Waals surface area contributed by atoms with Crippen LogP contribution in [0.4, 0.5) is 14.5 Å². The Bertz CT molecular complexity index is 946. The van der Waals surface area contributed by atoms with Crippen LogP contribution >= 0.6 is 0 Å². The van der Waals surface area contributed by atoms with Gasteiger partial charge in [-0.25, -0.2) is 17.2 Å². The fourth-order valence-electron chi connectivity index (χ4n) is 2.82. The second-order valence-corrected chi connectivity index (χ2v) is 8.06. The summed E-state index contributed by atoms with van der Waals surface area (Å²) in [6.45, 7) is 3.80. The first-order chi connectivity index (χ1) is 12.6. The molecule has 0 saturated carbocycles. The van der Waals surface area contributed by atoms with Gasteiger partial charge in [0.1, 0.15) is 0 Å². The first-order valence-electron chi connectivity index (χ1n) is 8.44. The molecule has 0 atom stereocenters. The number of anilines is 1. The van der Waals surface area contributed by atoms with Crippen LogP contribution in [-0.4, -0.2) is 33.7 Å². The second kappa shape index (κ2) is 8.47. The SMILES string of the molecule is CCc1cccc(C)c1N(CCNC(=O)c1ccc(F)c(F)c1)S(C)(=O)=O. The maximum atomic E-state index is 13.3.